The van der Waals surface area contributed by atoms with Crippen molar-refractivity contribution in [2.75, 3.05) is 14.2 Å². The third-order valence-corrected chi connectivity index (χ3v) is 2.55. The zero-order valence-corrected chi connectivity index (χ0v) is 10.1. The second kappa shape index (κ2) is 5.39. The van der Waals surface area contributed by atoms with Gasteiger partial charge >= 0.3 is 0 Å². The number of benzene rings is 1. The molecule has 0 aromatic heterocycles. The maximum absolute atomic E-state index is 9.04. The normalized spacial score (nSPS) is 11.7. The van der Waals surface area contributed by atoms with E-state index in [2.05, 4.69) is 5.16 Å². The Balaban J connectivity index is 2.96. The Labute approximate surface area is 96.1 Å². The SMILES string of the molecule is COc1ccc(/C(=N\O)N(C)C(C)C)cc1. The third kappa shape index (κ3) is 2.66. The molecule has 1 rings (SSSR count). The van der Waals surface area contributed by atoms with Gasteiger partial charge in [-0.05, 0) is 38.1 Å². The first-order valence-corrected chi connectivity index (χ1v) is 5.19. The number of nitrogens with zero attached hydrogens (tertiary/aromatic N) is 2. The predicted molar refractivity (Wildman–Crippen MR) is 64.2 cm³/mol. The average Bonchev–Trinajstić information content (AvgIpc) is 2.30. The molecule has 1 N–H and O–H groups in total. The van der Waals surface area contributed by atoms with Crippen LogP contribution in [0.5, 0.6) is 5.75 Å². The molecule has 0 aliphatic heterocycles. The summed E-state index contributed by atoms with van der Waals surface area (Å²) in [5, 5.41) is 12.4. The molecule has 0 spiro atoms. The van der Waals surface area contributed by atoms with Gasteiger partial charge in [0.15, 0.2) is 5.84 Å². The van der Waals surface area contributed by atoms with E-state index in [-0.39, 0.29) is 6.04 Å². The molecule has 1 aromatic carbocycles. The highest BCUT2D eigenvalue weighted by molar-refractivity contribution is 5.98. The van der Waals surface area contributed by atoms with Gasteiger partial charge in [-0.1, -0.05) is 5.16 Å². The quantitative estimate of drug-likeness (QED) is 0.369. The van der Waals surface area contributed by atoms with Crippen LogP contribution >= 0.6 is 0 Å². The molecular formula is C12H18N2O2. The molecule has 1 aromatic rings. The van der Waals surface area contributed by atoms with Crippen molar-refractivity contribution >= 4 is 5.84 Å². The van der Waals surface area contributed by atoms with Crippen LogP contribution in [-0.2, 0) is 0 Å². The van der Waals surface area contributed by atoms with E-state index in [0.29, 0.717) is 5.84 Å². The Morgan fingerprint density at radius 1 is 1.31 bits per heavy atom. The fraction of sp³-hybridized carbons (Fsp3) is 0.417. The fourth-order valence-electron chi connectivity index (χ4n) is 1.32. The van der Waals surface area contributed by atoms with E-state index in [9.17, 15) is 0 Å². The number of ether oxygens (including phenoxy) is 1. The number of oxime groups is 1. The predicted octanol–water partition coefficient (Wildman–Crippen LogP) is 2.17. The Hall–Kier alpha value is -1.71. The summed E-state index contributed by atoms with van der Waals surface area (Å²) < 4.78 is 5.07. The lowest BCUT2D eigenvalue weighted by Gasteiger charge is -2.24. The van der Waals surface area contributed by atoms with Crippen molar-refractivity contribution in [1.29, 1.82) is 0 Å². The van der Waals surface area contributed by atoms with E-state index in [4.69, 9.17) is 9.94 Å². The number of amidine groups is 1. The minimum Gasteiger partial charge on any atom is -0.497 e. The molecule has 0 unspecified atom stereocenters. The summed E-state index contributed by atoms with van der Waals surface area (Å²) in [5.41, 5.74) is 0.861. The highest BCUT2D eigenvalue weighted by Gasteiger charge is 2.12. The van der Waals surface area contributed by atoms with Crippen LogP contribution in [-0.4, -0.2) is 36.1 Å². The number of methoxy groups -OCH3 is 1. The molecule has 0 aliphatic rings. The molecule has 16 heavy (non-hydrogen) atoms. The highest BCUT2D eigenvalue weighted by Crippen LogP contribution is 2.14. The third-order valence-electron chi connectivity index (χ3n) is 2.55. The molecule has 0 fully saturated rings. The van der Waals surface area contributed by atoms with Crippen molar-refractivity contribution in [1.82, 2.24) is 4.90 Å². The second-order valence-corrected chi connectivity index (χ2v) is 3.86. The molecule has 0 bridgehead atoms. The van der Waals surface area contributed by atoms with Gasteiger partial charge in [0.05, 0.1) is 7.11 Å². The fourth-order valence-corrected chi connectivity index (χ4v) is 1.32. The Bertz CT molecular complexity index is 358. The van der Waals surface area contributed by atoms with Crippen LogP contribution in [0.2, 0.25) is 0 Å². The molecular weight excluding hydrogens is 204 g/mol. The summed E-state index contributed by atoms with van der Waals surface area (Å²) in [5.74, 6) is 1.34. The van der Waals surface area contributed by atoms with Crippen molar-refractivity contribution < 1.29 is 9.94 Å². The molecule has 0 heterocycles. The van der Waals surface area contributed by atoms with Gasteiger partial charge in [0.1, 0.15) is 5.75 Å². The first-order chi connectivity index (χ1) is 7.60. The first-order valence-electron chi connectivity index (χ1n) is 5.19. The molecule has 4 heteroatoms. The van der Waals surface area contributed by atoms with Crippen LogP contribution in [0.3, 0.4) is 0 Å². The molecule has 88 valence electrons. The van der Waals surface area contributed by atoms with Crippen LogP contribution in [0.1, 0.15) is 19.4 Å². The molecule has 0 saturated heterocycles. The lowest BCUT2D eigenvalue weighted by molar-refractivity contribution is 0.299. The average molecular weight is 222 g/mol. The van der Waals surface area contributed by atoms with E-state index >= 15 is 0 Å². The Kier molecular flexibility index (Phi) is 4.17. The van der Waals surface area contributed by atoms with E-state index in [0.717, 1.165) is 11.3 Å². The maximum atomic E-state index is 9.04. The van der Waals surface area contributed by atoms with Crippen molar-refractivity contribution in [3.63, 3.8) is 0 Å². The lowest BCUT2D eigenvalue weighted by atomic mass is 10.1. The summed E-state index contributed by atoms with van der Waals surface area (Å²) in [6.45, 7) is 4.07. The lowest BCUT2D eigenvalue weighted by Crippen LogP contribution is -2.33. The number of hydrogen-bond acceptors (Lipinski definition) is 3. The number of rotatable bonds is 3. The van der Waals surface area contributed by atoms with E-state index in [1.807, 2.05) is 50.1 Å². The molecule has 4 nitrogen and oxygen atoms in total. The van der Waals surface area contributed by atoms with Gasteiger partial charge in [0, 0.05) is 18.7 Å². The topological polar surface area (TPSA) is 45.1 Å². The van der Waals surface area contributed by atoms with Gasteiger partial charge in [-0.25, -0.2) is 0 Å². The summed E-state index contributed by atoms with van der Waals surface area (Å²) in [4.78, 5) is 1.90. The largest absolute Gasteiger partial charge is 0.497 e. The maximum Gasteiger partial charge on any atom is 0.175 e. The molecule has 0 atom stereocenters. The second-order valence-electron chi connectivity index (χ2n) is 3.86. The minimum atomic E-state index is 0.271. The highest BCUT2D eigenvalue weighted by atomic mass is 16.5. The van der Waals surface area contributed by atoms with Crippen molar-refractivity contribution in [3.8, 4) is 5.75 Å². The molecule has 0 amide bonds. The van der Waals surface area contributed by atoms with Crippen molar-refractivity contribution in [3.05, 3.63) is 29.8 Å². The van der Waals surface area contributed by atoms with Gasteiger partial charge in [0.25, 0.3) is 0 Å². The number of hydrogen-bond donors (Lipinski definition) is 1. The zero-order chi connectivity index (χ0) is 12.1. The van der Waals surface area contributed by atoms with Crippen molar-refractivity contribution in [2.45, 2.75) is 19.9 Å². The smallest absolute Gasteiger partial charge is 0.175 e. The van der Waals surface area contributed by atoms with E-state index in [1.165, 1.54) is 0 Å². The summed E-state index contributed by atoms with van der Waals surface area (Å²) in [7, 11) is 3.51. The van der Waals surface area contributed by atoms with Crippen LogP contribution in [0.4, 0.5) is 0 Å². The van der Waals surface area contributed by atoms with E-state index in [1.54, 1.807) is 7.11 Å². The summed E-state index contributed by atoms with van der Waals surface area (Å²) in [6, 6.07) is 7.69. The molecule has 0 aliphatic carbocycles. The van der Waals surface area contributed by atoms with Crippen LogP contribution < -0.4 is 4.74 Å². The monoisotopic (exact) mass is 222 g/mol. The molecule has 0 saturated carbocycles. The van der Waals surface area contributed by atoms with Gasteiger partial charge in [-0.2, -0.15) is 0 Å². The summed E-state index contributed by atoms with van der Waals surface area (Å²) in [6.07, 6.45) is 0. The van der Waals surface area contributed by atoms with E-state index < -0.39 is 0 Å². The molecule has 0 radical (unpaired) electrons. The Morgan fingerprint density at radius 3 is 2.25 bits per heavy atom. The van der Waals surface area contributed by atoms with Crippen LogP contribution in [0.25, 0.3) is 0 Å². The van der Waals surface area contributed by atoms with Gasteiger partial charge in [0.2, 0.25) is 0 Å². The van der Waals surface area contributed by atoms with Crippen molar-refractivity contribution in [2.24, 2.45) is 5.16 Å². The first kappa shape index (κ1) is 12.4. The zero-order valence-electron chi connectivity index (χ0n) is 10.1. The standard InChI is InChI=1S/C12H18N2O2/c1-9(2)14(3)12(13-15)10-5-7-11(16-4)8-6-10/h5-9,15H,1-4H3/b13-12+. The van der Waals surface area contributed by atoms with Gasteiger partial charge < -0.3 is 14.8 Å². The van der Waals surface area contributed by atoms with Crippen LogP contribution in [0.15, 0.2) is 29.4 Å². The Morgan fingerprint density at radius 2 is 1.88 bits per heavy atom. The summed E-state index contributed by atoms with van der Waals surface area (Å²) >= 11 is 0. The van der Waals surface area contributed by atoms with Gasteiger partial charge in [-0.3, -0.25) is 0 Å². The van der Waals surface area contributed by atoms with Gasteiger partial charge in [-0.15, -0.1) is 0 Å². The minimum absolute atomic E-state index is 0.271. The van der Waals surface area contributed by atoms with Crippen LogP contribution in [0, 0.1) is 0 Å².